The maximum Gasteiger partial charge on any atom is 0.289 e. The molecule has 0 radical (unpaired) electrons. The van der Waals surface area contributed by atoms with Gasteiger partial charge < -0.3 is 14.6 Å². The van der Waals surface area contributed by atoms with Crippen LogP contribution in [0.1, 0.15) is 12.7 Å². The molecule has 0 spiro atoms. The van der Waals surface area contributed by atoms with Gasteiger partial charge in [-0.2, -0.15) is 0 Å². The predicted octanol–water partition coefficient (Wildman–Crippen LogP) is 5.48. The molecule has 0 saturated carbocycles. The number of halogens is 3. The molecule has 0 saturated heterocycles. The fourth-order valence-corrected chi connectivity index (χ4v) is 4.11. The van der Waals surface area contributed by atoms with Crippen molar-refractivity contribution < 1.29 is 14.5 Å². The van der Waals surface area contributed by atoms with Crippen molar-refractivity contribution in [2.24, 2.45) is 0 Å². The van der Waals surface area contributed by atoms with Crippen molar-refractivity contribution in [3.05, 3.63) is 67.4 Å². The number of aromatic nitrogens is 3. The lowest BCUT2D eigenvalue weighted by Gasteiger charge is -2.10. The van der Waals surface area contributed by atoms with Gasteiger partial charge in [-0.3, -0.25) is 14.9 Å². The second-order valence-corrected chi connectivity index (χ2v) is 8.46. The number of thioether (sulfide) groups is 1. The largest absolute Gasteiger partial charge is 0.484 e. The van der Waals surface area contributed by atoms with Crippen molar-refractivity contribution >= 4 is 63.8 Å². The molecule has 9 nitrogen and oxygen atoms in total. The van der Waals surface area contributed by atoms with E-state index in [1.807, 2.05) is 11.5 Å². The van der Waals surface area contributed by atoms with Crippen molar-refractivity contribution in [3.8, 4) is 5.75 Å². The van der Waals surface area contributed by atoms with Gasteiger partial charge in [0.15, 0.2) is 11.0 Å². The first-order valence-corrected chi connectivity index (χ1v) is 11.3. The molecule has 3 rings (SSSR count). The zero-order valence-corrected chi connectivity index (χ0v) is 19.6. The first-order chi connectivity index (χ1) is 15.3. The highest BCUT2D eigenvalue weighted by molar-refractivity contribution is 7.99. The molecule has 13 heteroatoms. The van der Waals surface area contributed by atoms with Gasteiger partial charge in [-0.25, -0.2) is 0 Å². The van der Waals surface area contributed by atoms with Crippen LogP contribution in [0, 0.1) is 10.1 Å². The van der Waals surface area contributed by atoms with E-state index < -0.39 is 4.92 Å². The Hall–Kier alpha value is -2.53. The van der Waals surface area contributed by atoms with Crippen LogP contribution in [0.3, 0.4) is 0 Å². The summed E-state index contributed by atoms with van der Waals surface area (Å²) in [5, 5.41) is 23.3. The summed E-state index contributed by atoms with van der Waals surface area (Å²) in [7, 11) is 0. The maximum atomic E-state index is 12.3. The fourth-order valence-electron chi connectivity index (χ4n) is 2.64. The van der Waals surface area contributed by atoms with E-state index in [-0.39, 0.29) is 34.7 Å². The molecule has 0 fully saturated rings. The third-order valence-electron chi connectivity index (χ3n) is 4.12. The molecule has 0 aliphatic carbocycles. The Morgan fingerprint density at radius 1 is 1.19 bits per heavy atom. The molecule has 1 heterocycles. The number of rotatable bonds is 9. The minimum Gasteiger partial charge on any atom is -0.484 e. The Labute approximate surface area is 202 Å². The number of amides is 1. The van der Waals surface area contributed by atoms with Crippen LogP contribution in [0.4, 0.5) is 11.4 Å². The Kier molecular flexibility index (Phi) is 8.19. The van der Waals surface area contributed by atoms with Crippen molar-refractivity contribution in [1.82, 2.24) is 14.8 Å². The van der Waals surface area contributed by atoms with Crippen LogP contribution < -0.4 is 10.1 Å². The van der Waals surface area contributed by atoms with Crippen LogP contribution in [0.25, 0.3) is 0 Å². The molecule has 1 aromatic heterocycles. The number of carbonyl (C=O) groups is 1. The molecule has 0 unspecified atom stereocenters. The number of anilines is 1. The van der Waals surface area contributed by atoms with Gasteiger partial charge in [0.2, 0.25) is 5.91 Å². The van der Waals surface area contributed by atoms with Gasteiger partial charge >= 0.3 is 0 Å². The Balaban J connectivity index is 1.60. The van der Waals surface area contributed by atoms with Crippen LogP contribution >= 0.6 is 46.6 Å². The van der Waals surface area contributed by atoms with Gasteiger partial charge in [0.25, 0.3) is 5.69 Å². The van der Waals surface area contributed by atoms with Crippen molar-refractivity contribution in [3.63, 3.8) is 0 Å². The topological polar surface area (TPSA) is 112 Å². The van der Waals surface area contributed by atoms with Crippen LogP contribution in [-0.2, 0) is 17.9 Å². The molecule has 168 valence electrons. The monoisotopic (exact) mass is 515 g/mol. The summed E-state index contributed by atoms with van der Waals surface area (Å²) in [6.07, 6.45) is 0. The molecule has 0 bridgehead atoms. The number of nitrogens with one attached hydrogen (secondary N) is 1. The number of nitrogens with zero attached hydrogens (tertiary/aromatic N) is 4. The third-order valence-corrected chi connectivity index (χ3v) is 5.94. The maximum absolute atomic E-state index is 12.3. The van der Waals surface area contributed by atoms with E-state index in [1.54, 1.807) is 18.2 Å². The third kappa shape index (κ3) is 6.04. The van der Waals surface area contributed by atoms with E-state index in [2.05, 4.69) is 15.5 Å². The van der Waals surface area contributed by atoms with E-state index in [1.165, 1.54) is 30.0 Å². The Morgan fingerprint density at radius 2 is 1.97 bits per heavy atom. The zero-order valence-electron chi connectivity index (χ0n) is 16.5. The fraction of sp³-hybridized carbons (Fsp3) is 0.211. The van der Waals surface area contributed by atoms with E-state index in [0.717, 1.165) is 0 Å². The normalized spacial score (nSPS) is 10.8. The highest BCUT2D eigenvalue weighted by atomic mass is 35.5. The Morgan fingerprint density at radius 3 is 2.66 bits per heavy atom. The zero-order chi connectivity index (χ0) is 23.3. The van der Waals surface area contributed by atoms with Crippen LogP contribution in [-0.4, -0.2) is 31.3 Å². The molecule has 3 aromatic rings. The molecule has 32 heavy (non-hydrogen) atoms. The lowest BCUT2D eigenvalue weighted by molar-refractivity contribution is -0.384. The highest BCUT2D eigenvalue weighted by Crippen LogP contribution is 2.29. The van der Waals surface area contributed by atoms with Crippen LogP contribution in [0.5, 0.6) is 5.75 Å². The first-order valence-electron chi connectivity index (χ1n) is 9.15. The van der Waals surface area contributed by atoms with Gasteiger partial charge in [0, 0.05) is 23.3 Å². The molecule has 0 aliphatic heterocycles. The van der Waals surface area contributed by atoms with E-state index in [9.17, 15) is 14.9 Å². The quantitative estimate of drug-likeness (QED) is 0.228. The molecule has 1 N–H and O–H groups in total. The minimum absolute atomic E-state index is 0.00643. The van der Waals surface area contributed by atoms with Gasteiger partial charge in [-0.1, -0.05) is 46.6 Å². The number of nitro benzene ring substituents is 1. The number of nitro groups is 1. The van der Waals surface area contributed by atoms with E-state index in [4.69, 9.17) is 39.5 Å². The molecule has 2 aromatic carbocycles. The SMILES string of the molecule is CCn1c(COc2ccc(Cl)cc2Cl)nnc1SCC(=O)Nc1ccc(Cl)c([N+](=O)[O-])c1. The van der Waals surface area contributed by atoms with E-state index >= 15 is 0 Å². The minimum atomic E-state index is -0.614. The predicted molar refractivity (Wildman–Crippen MR) is 124 cm³/mol. The molecule has 0 aliphatic rings. The van der Waals surface area contributed by atoms with Gasteiger partial charge in [0.1, 0.15) is 17.4 Å². The van der Waals surface area contributed by atoms with Crippen LogP contribution in [0.15, 0.2) is 41.6 Å². The Bertz CT molecular complexity index is 1160. The summed E-state index contributed by atoms with van der Waals surface area (Å²) in [5.41, 5.74) is -0.00845. The average molecular weight is 517 g/mol. The summed E-state index contributed by atoms with van der Waals surface area (Å²) >= 11 is 19.0. The summed E-state index contributed by atoms with van der Waals surface area (Å²) in [6.45, 7) is 2.61. The lowest BCUT2D eigenvalue weighted by atomic mass is 10.3. The number of hydrogen-bond acceptors (Lipinski definition) is 7. The summed E-state index contributed by atoms with van der Waals surface area (Å²) in [4.78, 5) is 22.7. The van der Waals surface area contributed by atoms with Gasteiger partial charge in [-0.05, 0) is 37.3 Å². The smallest absolute Gasteiger partial charge is 0.289 e. The van der Waals surface area contributed by atoms with E-state index in [0.29, 0.717) is 33.3 Å². The lowest BCUT2D eigenvalue weighted by Crippen LogP contribution is -2.15. The molecular formula is C19H16Cl3N5O4S. The number of benzene rings is 2. The summed E-state index contributed by atoms with van der Waals surface area (Å²) in [5.74, 6) is 0.698. The number of ether oxygens (including phenoxy) is 1. The van der Waals surface area contributed by atoms with Crippen molar-refractivity contribution in [1.29, 1.82) is 0 Å². The van der Waals surface area contributed by atoms with Gasteiger partial charge in [-0.15, -0.1) is 10.2 Å². The summed E-state index contributed by atoms with van der Waals surface area (Å²) < 4.78 is 7.52. The second-order valence-electron chi connectivity index (χ2n) is 6.27. The van der Waals surface area contributed by atoms with Crippen molar-refractivity contribution in [2.45, 2.75) is 25.2 Å². The van der Waals surface area contributed by atoms with Crippen molar-refractivity contribution in [2.75, 3.05) is 11.1 Å². The average Bonchev–Trinajstić information content (AvgIpc) is 3.14. The number of carbonyl (C=O) groups excluding carboxylic acids is 1. The molecule has 0 atom stereocenters. The van der Waals surface area contributed by atoms with Gasteiger partial charge in [0.05, 0.1) is 15.7 Å². The first kappa shape index (κ1) is 24.1. The second kappa shape index (κ2) is 10.9. The highest BCUT2D eigenvalue weighted by Gasteiger charge is 2.16. The van der Waals surface area contributed by atoms with Crippen LogP contribution in [0.2, 0.25) is 15.1 Å². The summed E-state index contributed by atoms with van der Waals surface area (Å²) in [6, 6.07) is 8.97. The molecule has 1 amide bonds. The molecular weight excluding hydrogens is 501 g/mol. The number of hydrogen-bond donors (Lipinski definition) is 1. The standard InChI is InChI=1S/C19H16Cl3N5O4S/c1-2-26-17(9-31-16-6-3-11(20)7-14(16)22)24-25-19(26)32-10-18(28)23-12-4-5-13(21)15(8-12)27(29)30/h3-8H,2,9-10H2,1H3,(H,23,28).